The molecule has 9 nitrogen and oxygen atoms in total. The Morgan fingerprint density at radius 3 is 2.37 bits per heavy atom. The van der Waals surface area contributed by atoms with E-state index >= 15 is 0 Å². The molecule has 0 unspecified atom stereocenters. The van der Waals surface area contributed by atoms with Crippen LogP contribution >= 0.6 is 57.4 Å². The van der Waals surface area contributed by atoms with Crippen LogP contribution in [0.25, 0.3) is 6.08 Å². The first-order valence-electron chi connectivity index (χ1n) is 11.2. The van der Waals surface area contributed by atoms with Crippen molar-refractivity contribution in [2.24, 2.45) is 0 Å². The van der Waals surface area contributed by atoms with Crippen molar-refractivity contribution >= 4 is 91.8 Å². The number of rotatable bonds is 8. The zero-order valence-corrected chi connectivity index (χ0v) is 24.9. The van der Waals surface area contributed by atoms with Crippen LogP contribution in [0.2, 0.25) is 0 Å². The number of carbonyl (C=O) groups excluding carboxylic acids is 2. The third-order valence-electron chi connectivity index (χ3n) is 5.34. The molecule has 0 atom stereocenters. The first kappa shape index (κ1) is 27.9. The fourth-order valence-electron chi connectivity index (χ4n) is 3.63. The lowest BCUT2D eigenvalue weighted by Crippen LogP contribution is -2.54. The minimum atomic E-state index is -0.585. The lowest BCUT2D eigenvalue weighted by molar-refractivity contribution is -0.384. The van der Waals surface area contributed by atoms with Crippen molar-refractivity contribution in [3.8, 4) is 11.5 Å². The van der Waals surface area contributed by atoms with E-state index in [1.807, 2.05) is 6.92 Å². The first-order valence-corrected chi connectivity index (χ1v) is 13.7. The molecule has 1 N–H and O–H groups in total. The molecule has 0 saturated carbocycles. The fraction of sp³-hybridized carbons (Fsp3) is 0.115. The van der Waals surface area contributed by atoms with E-state index in [9.17, 15) is 19.7 Å². The van der Waals surface area contributed by atoms with Gasteiger partial charge in [0.15, 0.2) is 5.11 Å². The summed E-state index contributed by atoms with van der Waals surface area (Å²) in [6.07, 6.45) is 1.51. The van der Waals surface area contributed by atoms with Crippen LogP contribution in [0.3, 0.4) is 0 Å². The maximum Gasteiger partial charge on any atom is 0.270 e. The number of carbonyl (C=O) groups is 2. The van der Waals surface area contributed by atoms with Gasteiger partial charge in [-0.05, 0) is 118 Å². The number of halogens is 2. The highest BCUT2D eigenvalue weighted by Gasteiger charge is 2.34. The maximum atomic E-state index is 13.3. The highest BCUT2D eigenvalue weighted by molar-refractivity contribution is 14.1. The highest BCUT2D eigenvalue weighted by Crippen LogP contribution is 2.32. The largest absolute Gasteiger partial charge is 0.494 e. The molecular weight excluding hydrogens is 736 g/mol. The van der Waals surface area contributed by atoms with Gasteiger partial charge in [0.2, 0.25) is 0 Å². The van der Waals surface area contributed by atoms with E-state index in [1.165, 1.54) is 23.1 Å². The average molecular weight is 755 g/mol. The number of nitrogens with zero attached hydrogens (tertiary/aromatic N) is 2. The minimum absolute atomic E-state index is 0.00429. The molecule has 3 aromatic rings. The Labute approximate surface area is 250 Å². The maximum absolute atomic E-state index is 13.3. The number of non-ortho nitro benzene ring substituents is 1. The molecule has 1 saturated heterocycles. The predicted octanol–water partition coefficient (Wildman–Crippen LogP) is 5.61. The number of amides is 2. The van der Waals surface area contributed by atoms with Crippen LogP contribution in [0, 0.1) is 17.3 Å². The van der Waals surface area contributed by atoms with E-state index in [-0.39, 0.29) is 23.0 Å². The summed E-state index contributed by atoms with van der Waals surface area (Å²) in [7, 11) is 0. The number of anilines is 1. The van der Waals surface area contributed by atoms with Crippen molar-refractivity contribution < 1.29 is 24.0 Å². The van der Waals surface area contributed by atoms with Gasteiger partial charge in [0, 0.05) is 12.1 Å². The molecular formula is C26H19I2N3O6S. The number of hydrogen-bond donors (Lipinski definition) is 1. The van der Waals surface area contributed by atoms with Crippen LogP contribution in [0.15, 0.2) is 66.2 Å². The van der Waals surface area contributed by atoms with Gasteiger partial charge in [-0.1, -0.05) is 12.1 Å². The zero-order chi connectivity index (χ0) is 27.4. The molecule has 194 valence electrons. The average Bonchev–Trinajstić information content (AvgIpc) is 2.87. The molecule has 0 bridgehead atoms. The minimum Gasteiger partial charge on any atom is -0.494 e. The van der Waals surface area contributed by atoms with E-state index in [2.05, 4.69) is 50.5 Å². The molecule has 0 spiro atoms. The Kier molecular flexibility index (Phi) is 8.94. The number of ether oxygens (including phenoxy) is 2. The van der Waals surface area contributed by atoms with Gasteiger partial charge in [0.1, 0.15) is 23.7 Å². The molecule has 0 aliphatic carbocycles. The lowest BCUT2D eigenvalue weighted by atomic mass is 10.1. The van der Waals surface area contributed by atoms with E-state index in [0.29, 0.717) is 34.9 Å². The van der Waals surface area contributed by atoms with E-state index in [0.717, 1.165) is 7.14 Å². The number of benzene rings is 3. The van der Waals surface area contributed by atoms with E-state index in [4.69, 9.17) is 21.7 Å². The summed E-state index contributed by atoms with van der Waals surface area (Å²) in [5.41, 5.74) is 1.71. The van der Waals surface area contributed by atoms with Crippen molar-refractivity contribution in [1.29, 1.82) is 0 Å². The normalized spacial score (nSPS) is 14.4. The van der Waals surface area contributed by atoms with E-state index in [1.54, 1.807) is 48.5 Å². The topological polar surface area (TPSA) is 111 Å². The summed E-state index contributed by atoms with van der Waals surface area (Å²) < 4.78 is 12.9. The van der Waals surface area contributed by atoms with Crippen molar-refractivity contribution in [3.63, 3.8) is 0 Å². The van der Waals surface area contributed by atoms with Gasteiger partial charge in [-0.3, -0.25) is 29.9 Å². The molecule has 4 rings (SSSR count). The first-order chi connectivity index (χ1) is 18.2. The summed E-state index contributed by atoms with van der Waals surface area (Å²) >= 11 is 9.49. The van der Waals surface area contributed by atoms with Crippen LogP contribution in [0.1, 0.15) is 18.1 Å². The molecule has 2 amide bonds. The summed E-state index contributed by atoms with van der Waals surface area (Å²) in [5.74, 6) is 0.122. The van der Waals surface area contributed by atoms with Gasteiger partial charge in [0.25, 0.3) is 17.5 Å². The Balaban J connectivity index is 1.57. The van der Waals surface area contributed by atoms with Gasteiger partial charge in [-0.15, -0.1) is 0 Å². The quantitative estimate of drug-likeness (QED) is 0.0795. The second-order valence-corrected chi connectivity index (χ2v) is 10.6. The van der Waals surface area contributed by atoms with Crippen molar-refractivity contribution in [3.05, 3.63) is 94.6 Å². The number of nitro groups is 1. The van der Waals surface area contributed by atoms with E-state index < -0.39 is 16.7 Å². The number of nitro benzene ring substituents is 1. The third kappa shape index (κ3) is 6.30. The van der Waals surface area contributed by atoms with Crippen LogP contribution in [-0.4, -0.2) is 28.5 Å². The molecule has 1 fully saturated rings. The lowest BCUT2D eigenvalue weighted by Gasteiger charge is -2.29. The number of thiocarbonyl (C=S) groups is 1. The second-order valence-electron chi connectivity index (χ2n) is 7.91. The molecule has 0 aromatic heterocycles. The number of hydrogen-bond acceptors (Lipinski definition) is 7. The van der Waals surface area contributed by atoms with Crippen molar-refractivity contribution in [2.45, 2.75) is 13.5 Å². The fourth-order valence-corrected chi connectivity index (χ4v) is 6.04. The Morgan fingerprint density at radius 1 is 1.05 bits per heavy atom. The second kappa shape index (κ2) is 12.2. The Bertz CT molecular complexity index is 1450. The summed E-state index contributed by atoms with van der Waals surface area (Å²) in [5, 5.41) is 13.6. The smallest absolute Gasteiger partial charge is 0.270 e. The van der Waals surface area contributed by atoms with Crippen molar-refractivity contribution in [2.75, 3.05) is 11.5 Å². The van der Waals surface area contributed by atoms with Crippen LogP contribution in [-0.2, 0) is 16.2 Å². The zero-order valence-electron chi connectivity index (χ0n) is 19.8. The molecule has 0 radical (unpaired) electrons. The molecule has 1 heterocycles. The van der Waals surface area contributed by atoms with Crippen LogP contribution in [0.5, 0.6) is 11.5 Å². The molecule has 1 aliphatic rings. The van der Waals surface area contributed by atoms with Gasteiger partial charge >= 0.3 is 0 Å². The van der Waals surface area contributed by atoms with Gasteiger partial charge < -0.3 is 9.47 Å². The molecule has 1 aliphatic heterocycles. The summed E-state index contributed by atoms with van der Waals surface area (Å²) in [4.78, 5) is 37.9. The SMILES string of the molecule is CCOc1ccc(N2C(=O)C(=Cc3cc(I)c(OCc4cccc([N+](=O)[O-])c4)c(I)c3)C(=O)NC2=S)cc1. The summed E-state index contributed by atoms with van der Waals surface area (Å²) in [6, 6.07) is 16.7. The monoisotopic (exact) mass is 755 g/mol. The molecule has 12 heteroatoms. The van der Waals surface area contributed by atoms with Crippen LogP contribution < -0.4 is 19.7 Å². The van der Waals surface area contributed by atoms with Gasteiger partial charge in [0.05, 0.1) is 24.4 Å². The number of nitrogens with one attached hydrogen (secondary N) is 1. The molecule has 3 aromatic carbocycles. The van der Waals surface area contributed by atoms with Gasteiger partial charge in [-0.2, -0.15) is 0 Å². The van der Waals surface area contributed by atoms with Gasteiger partial charge in [-0.25, -0.2) is 0 Å². The molecule has 38 heavy (non-hydrogen) atoms. The predicted molar refractivity (Wildman–Crippen MR) is 163 cm³/mol. The Morgan fingerprint density at radius 2 is 1.74 bits per heavy atom. The highest BCUT2D eigenvalue weighted by atomic mass is 127. The standard InChI is InChI=1S/C26H19I2N3O6S/c1-2-36-19-8-6-17(7-9-19)30-25(33)20(24(32)29-26(30)38)11-16-12-21(27)23(22(28)13-16)37-14-15-4-3-5-18(10-15)31(34)35/h3-13H,2,14H2,1H3,(H,29,32,38). The summed E-state index contributed by atoms with van der Waals surface area (Å²) in [6.45, 7) is 2.53. The third-order valence-corrected chi connectivity index (χ3v) is 7.23. The Hall–Kier alpha value is -3.11. The van der Waals surface area contributed by atoms with Crippen molar-refractivity contribution in [1.82, 2.24) is 5.32 Å². The van der Waals surface area contributed by atoms with Crippen LogP contribution in [0.4, 0.5) is 11.4 Å².